The number of amides is 2. The SMILES string of the molecule is CC(C)C(=O)Nc1cccc(NC(=O)C(C)C(N)c2ccccc2)c1.Cl. The number of nitrogens with one attached hydrogen (secondary N) is 2. The second-order valence-corrected chi connectivity index (χ2v) is 6.44. The summed E-state index contributed by atoms with van der Waals surface area (Å²) in [4.78, 5) is 24.3. The van der Waals surface area contributed by atoms with Crippen molar-refractivity contribution in [3.63, 3.8) is 0 Å². The minimum absolute atomic E-state index is 0. The maximum atomic E-state index is 12.5. The number of carbonyl (C=O) groups excluding carboxylic acids is 2. The first-order chi connectivity index (χ1) is 11.9. The molecule has 4 N–H and O–H groups in total. The van der Waals surface area contributed by atoms with Crippen molar-refractivity contribution in [2.24, 2.45) is 17.6 Å². The third kappa shape index (κ3) is 5.86. The van der Waals surface area contributed by atoms with Crippen LogP contribution in [0.5, 0.6) is 0 Å². The summed E-state index contributed by atoms with van der Waals surface area (Å²) in [7, 11) is 0. The Kier molecular flexibility index (Phi) is 8.29. The Hall–Kier alpha value is -2.37. The van der Waals surface area contributed by atoms with Crippen LogP contribution in [-0.4, -0.2) is 11.8 Å². The van der Waals surface area contributed by atoms with Gasteiger partial charge in [0.25, 0.3) is 0 Å². The number of nitrogens with two attached hydrogens (primary N) is 1. The second-order valence-electron chi connectivity index (χ2n) is 6.44. The van der Waals surface area contributed by atoms with Gasteiger partial charge >= 0.3 is 0 Å². The first kappa shape index (κ1) is 21.7. The predicted octanol–water partition coefficient (Wildman–Crippen LogP) is 3.98. The highest BCUT2D eigenvalue weighted by Crippen LogP contribution is 2.22. The molecule has 0 fully saturated rings. The van der Waals surface area contributed by atoms with E-state index < -0.39 is 5.92 Å². The molecule has 0 aromatic heterocycles. The van der Waals surface area contributed by atoms with Crippen LogP contribution < -0.4 is 16.4 Å². The van der Waals surface area contributed by atoms with Crippen molar-refractivity contribution >= 4 is 35.6 Å². The zero-order chi connectivity index (χ0) is 18.4. The topological polar surface area (TPSA) is 84.2 Å². The Labute approximate surface area is 160 Å². The predicted molar refractivity (Wildman–Crippen MR) is 108 cm³/mol. The van der Waals surface area contributed by atoms with Crippen LogP contribution in [-0.2, 0) is 9.59 Å². The Balaban J connectivity index is 0.00000338. The van der Waals surface area contributed by atoms with E-state index in [1.165, 1.54) is 0 Å². The molecule has 2 unspecified atom stereocenters. The molecule has 5 nitrogen and oxygen atoms in total. The molecule has 0 heterocycles. The Morgan fingerprint density at radius 1 is 0.846 bits per heavy atom. The largest absolute Gasteiger partial charge is 0.326 e. The fraction of sp³-hybridized carbons (Fsp3) is 0.300. The summed E-state index contributed by atoms with van der Waals surface area (Å²) in [5, 5.41) is 5.68. The molecule has 2 atom stereocenters. The highest BCUT2D eigenvalue weighted by atomic mass is 35.5. The Morgan fingerprint density at radius 3 is 1.92 bits per heavy atom. The van der Waals surface area contributed by atoms with E-state index in [1.54, 1.807) is 31.2 Å². The molecule has 0 spiro atoms. The highest BCUT2D eigenvalue weighted by molar-refractivity contribution is 5.95. The average molecular weight is 376 g/mol. The van der Waals surface area contributed by atoms with Crippen molar-refractivity contribution in [1.29, 1.82) is 0 Å². The molecular weight excluding hydrogens is 350 g/mol. The van der Waals surface area contributed by atoms with Gasteiger partial charge in [-0.15, -0.1) is 12.4 Å². The van der Waals surface area contributed by atoms with Crippen molar-refractivity contribution in [1.82, 2.24) is 0 Å². The van der Waals surface area contributed by atoms with Gasteiger partial charge in [-0.2, -0.15) is 0 Å². The van der Waals surface area contributed by atoms with E-state index in [-0.39, 0.29) is 36.2 Å². The summed E-state index contributed by atoms with van der Waals surface area (Å²) in [5.41, 5.74) is 8.40. The lowest BCUT2D eigenvalue weighted by Crippen LogP contribution is -2.30. The van der Waals surface area contributed by atoms with E-state index in [0.29, 0.717) is 11.4 Å². The number of anilines is 2. The number of carbonyl (C=O) groups is 2. The number of rotatable bonds is 6. The molecule has 26 heavy (non-hydrogen) atoms. The summed E-state index contributed by atoms with van der Waals surface area (Å²) >= 11 is 0. The zero-order valence-corrected chi connectivity index (χ0v) is 16.0. The van der Waals surface area contributed by atoms with Crippen LogP contribution >= 0.6 is 12.4 Å². The van der Waals surface area contributed by atoms with Crippen LogP contribution in [0.25, 0.3) is 0 Å². The van der Waals surface area contributed by atoms with Crippen LogP contribution in [0.2, 0.25) is 0 Å². The van der Waals surface area contributed by atoms with Gasteiger partial charge in [0.05, 0.1) is 5.92 Å². The fourth-order valence-electron chi connectivity index (χ4n) is 2.34. The van der Waals surface area contributed by atoms with Crippen LogP contribution in [0.1, 0.15) is 32.4 Å². The summed E-state index contributed by atoms with van der Waals surface area (Å²) in [5.74, 6) is -0.731. The molecule has 140 valence electrons. The third-order valence-electron chi connectivity index (χ3n) is 4.06. The smallest absolute Gasteiger partial charge is 0.229 e. The lowest BCUT2D eigenvalue weighted by molar-refractivity contribution is -0.120. The minimum Gasteiger partial charge on any atom is -0.326 e. The van der Waals surface area contributed by atoms with E-state index in [0.717, 1.165) is 5.56 Å². The first-order valence-corrected chi connectivity index (χ1v) is 8.41. The number of hydrogen-bond acceptors (Lipinski definition) is 3. The molecule has 2 aromatic carbocycles. The summed E-state index contributed by atoms with van der Waals surface area (Å²) in [6, 6.07) is 16.3. The number of halogens is 1. The second kappa shape index (κ2) is 9.94. The van der Waals surface area contributed by atoms with Crippen LogP contribution in [0.4, 0.5) is 11.4 Å². The van der Waals surface area contributed by atoms with Crippen molar-refractivity contribution < 1.29 is 9.59 Å². The van der Waals surface area contributed by atoms with Gasteiger partial charge < -0.3 is 16.4 Å². The van der Waals surface area contributed by atoms with Gasteiger partial charge in [-0.1, -0.05) is 57.2 Å². The molecule has 0 saturated heterocycles. The van der Waals surface area contributed by atoms with Crippen LogP contribution in [0, 0.1) is 11.8 Å². The van der Waals surface area contributed by atoms with Gasteiger partial charge in [0, 0.05) is 23.3 Å². The van der Waals surface area contributed by atoms with Crippen molar-refractivity contribution in [3.05, 3.63) is 60.2 Å². The van der Waals surface area contributed by atoms with Gasteiger partial charge in [0.2, 0.25) is 11.8 Å². The van der Waals surface area contributed by atoms with Crippen LogP contribution in [0.15, 0.2) is 54.6 Å². The van der Waals surface area contributed by atoms with E-state index in [4.69, 9.17) is 5.73 Å². The van der Waals surface area contributed by atoms with Gasteiger partial charge in [-0.05, 0) is 23.8 Å². The van der Waals surface area contributed by atoms with Crippen molar-refractivity contribution in [2.75, 3.05) is 10.6 Å². The zero-order valence-electron chi connectivity index (χ0n) is 15.2. The minimum atomic E-state index is -0.392. The average Bonchev–Trinajstić information content (AvgIpc) is 2.61. The number of hydrogen-bond donors (Lipinski definition) is 3. The molecule has 0 aliphatic carbocycles. The standard InChI is InChI=1S/C20H25N3O2.ClH/c1-13(2)19(24)22-16-10-7-11-17(12-16)23-20(25)14(3)18(21)15-8-5-4-6-9-15;/h4-14,18H,21H2,1-3H3,(H,22,24)(H,23,25);1H. The monoisotopic (exact) mass is 375 g/mol. The lowest BCUT2D eigenvalue weighted by Gasteiger charge is -2.20. The molecule has 2 amide bonds. The first-order valence-electron chi connectivity index (χ1n) is 8.41. The Morgan fingerprint density at radius 2 is 1.38 bits per heavy atom. The van der Waals surface area contributed by atoms with E-state index >= 15 is 0 Å². The molecular formula is C20H26ClN3O2. The van der Waals surface area contributed by atoms with Gasteiger partial charge in [-0.25, -0.2) is 0 Å². The molecule has 0 radical (unpaired) electrons. The molecule has 0 bridgehead atoms. The van der Waals surface area contributed by atoms with E-state index in [1.807, 2.05) is 44.2 Å². The quantitative estimate of drug-likeness (QED) is 0.714. The Bertz CT molecular complexity index is 735. The van der Waals surface area contributed by atoms with Gasteiger partial charge in [0.1, 0.15) is 0 Å². The van der Waals surface area contributed by atoms with E-state index in [2.05, 4.69) is 10.6 Å². The molecule has 6 heteroatoms. The molecule has 2 rings (SSSR count). The summed E-state index contributed by atoms with van der Waals surface area (Å²) in [6.45, 7) is 5.46. The maximum Gasteiger partial charge on any atom is 0.229 e. The van der Waals surface area contributed by atoms with Crippen molar-refractivity contribution in [2.45, 2.75) is 26.8 Å². The highest BCUT2D eigenvalue weighted by Gasteiger charge is 2.22. The maximum absolute atomic E-state index is 12.5. The van der Waals surface area contributed by atoms with Gasteiger partial charge in [-0.3, -0.25) is 9.59 Å². The summed E-state index contributed by atoms with van der Waals surface area (Å²) in [6.07, 6.45) is 0. The molecule has 2 aromatic rings. The number of benzene rings is 2. The molecule has 0 aliphatic rings. The third-order valence-corrected chi connectivity index (χ3v) is 4.06. The molecule has 0 saturated carbocycles. The fourth-order valence-corrected chi connectivity index (χ4v) is 2.34. The normalized spacial score (nSPS) is 12.7. The van der Waals surface area contributed by atoms with Gasteiger partial charge in [0.15, 0.2) is 0 Å². The molecule has 0 aliphatic heterocycles. The van der Waals surface area contributed by atoms with Crippen LogP contribution in [0.3, 0.4) is 0 Å². The van der Waals surface area contributed by atoms with Crippen molar-refractivity contribution in [3.8, 4) is 0 Å². The summed E-state index contributed by atoms with van der Waals surface area (Å²) < 4.78 is 0. The lowest BCUT2D eigenvalue weighted by atomic mass is 9.94. The van der Waals surface area contributed by atoms with E-state index in [9.17, 15) is 9.59 Å².